The lowest BCUT2D eigenvalue weighted by molar-refractivity contribution is 0.614. The van der Waals surface area contributed by atoms with Gasteiger partial charge >= 0.3 is 0 Å². The van der Waals surface area contributed by atoms with Gasteiger partial charge in [0.15, 0.2) is 10.8 Å². The average Bonchev–Trinajstić information content (AvgIpc) is 3.01. The molecule has 3 rings (SSSR count). The number of halogens is 1. The predicted molar refractivity (Wildman–Crippen MR) is 83.0 cm³/mol. The van der Waals surface area contributed by atoms with Gasteiger partial charge in [-0.05, 0) is 24.6 Å². The summed E-state index contributed by atoms with van der Waals surface area (Å²) < 4.78 is 16.3. The molecule has 4 nitrogen and oxygen atoms in total. The zero-order valence-corrected chi connectivity index (χ0v) is 13.1. The molecule has 0 N–H and O–H groups in total. The van der Waals surface area contributed by atoms with Gasteiger partial charge < -0.3 is 4.57 Å². The van der Waals surface area contributed by atoms with Crippen LogP contribution < -0.4 is 0 Å². The van der Waals surface area contributed by atoms with Crippen molar-refractivity contribution in [1.29, 1.82) is 0 Å². The summed E-state index contributed by atoms with van der Waals surface area (Å²) in [5.41, 5.74) is 0.800. The third kappa shape index (κ3) is 2.55. The lowest BCUT2D eigenvalue weighted by Crippen LogP contribution is -2.06. The van der Waals surface area contributed by atoms with Crippen LogP contribution in [0.15, 0.2) is 18.2 Å². The van der Waals surface area contributed by atoms with Crippen molar-refractivity contribution in [2.24, 2.45) is 0 Å². The summed E-state index contributed by atoms with van der Waals surface area (Å²) >= 11 is 1.46. The molecule has 0 aliphatic heterocycles. The third-order valence-electron chi connectivity index (χ3n) is 3.28. The highest BCUT2D eigenvalue weighted by molar-refractivity contribution is 7.21. The summed E-state index contributed by atoms with van der Waals surface area (Å²) in [5.74, 6) is 1.82. The van der Waals surface area contributed by atoms with Gasteiger partial charge in [0, 0.05) is 12.5 Å². The fourth-order valence-electron chi connectivity index (χ4n) is 2.34. The Balaban J connectivity index is 2.13. The van der Waals surface area contributed by atoms with Gasteiger partial charge in [-0.3, -0.25) is 0 Å². The molecule has 6 heteroatoms. The number of thiazole rings is 1. The number of rotatable bonds is 4. The first-order valence-corrected chi connectivity index (χ1v) is 7.91. The molecule has 0 aliphatic rings. The smallest absolute Gasteiger partial charge is 0.193 e. The van der Waals surface area contributed by atoms with Crippen molar-refractivity contribution in [3.05, 3.63) is 29.8 Å². The zero-order valence-electron chi connectivity index (χ0n) is 12.3. The summed E-state index contributed by atoms with van der Waals surface area (Å²) in [5, 5.41) is 9.41. The molecule has 1 aromatic carbocycles. The lowest BCUT2D eigenvalue weighted by Gasteiger charge is -2.09. The van der Waals surface area contributed by atoms with Gasteiger partial charge in [0.25, 0.3) is 0 Å². The number of fused-ring (bicyclic) bond motifs is 1. The Morgan fingerprint density at radius 1 is 1.29 bits per heavy atom. The normalized spacial score (nSPS) is 11.7. The van der Waals surface area contributed by atoms with Gasteiger partial charge in [-0.2, -0.15) is 0 Å². The second-order valence-corrected chi connectivity index (χ2v) is 6.35. The average molecular weight is 304 g/mol. The highest BCUT2D eigenvalue weighted by Crippen LogP contribution is 2.31. The van der Waals surface area contributed by atoms with E-state index in [2.05, 4.69) is 40.5 Å². The van der Waals surface area contributed by atoms with Gasteiger partial charge in [-0.15, -0.1) is 21.5 Å². The van der Waals surface area contributed by atoms with E-state index in [1.807, 2.05) is 0 Å². The largest absolute Gasteiger partial charge is 0.309 e. The van der Waals surface area contributed by atoms with Crippen LogP contribution in [0.3, 0.4) is 0 Å². The van der Waals surface area contributed by atoms with Crippen LogP contribution in [-0.2, 0) is 6.54 Å². The quantitative estimate of drug-likeness (QED) is 0.724. The van der Waals surface area contributed by atoms with E-state index < -0.39 is 0 Å². The molecule has 0 amide bonds. The number of aromatic nitrogens is 4. The molecule has 2 heterocycles. The summed E-state index contributed by atoms with van der Waals surface area (Å²) in [7, 11) is 0. The molecule has 0 saturated heterocycles. The first kappa shape index (κ1) is 14.1. The van der Waals surface area contributed by atoms with E-state index in [1.165, 1.54) is 23.5 Å². The molecule has 110 valence electrons. The van der Waals surface area contributed by atoms with Gasteiger partial charge in [0.1, 0.15) is 11.6 Å². The number of benzene rings is 1. The summed E-state index contributed by atoms with van der Waals surface area (Å²) in [4.78, 5) is 4.57. The monoisotopic (exact) mass is 304 g/mol. The summed E-state index contributed by atoms with van der Waals surface area (Å²) in [6, 6.07) is 4.65. The highest BCUT2D eigenvalue weighted by Gasteiger charge is 2.18. The van der Waals surface area contributed by atoms with E-state index >= 15 is 0 Å². The van der Waals surface area contributed by atoms with Crippen molar-refractivity contribution < 1.29 is 4.39 Å². The fourth-order valence-corrected chi connectivity index (χ4v) is 3.32. The van der Waals surface area contributed by atoms with Crippen LogP contribution in [0.5, 0.6) is 0 Å². The van der Waals surface area contributed by atoms with Crippen LogP contribution in [0.4, 0.5) is 4.39 Å². The van der Waals surface area contributed by atoms with Crippen LogP contribution >= 0.6 is 11.3 Å². The van der Waals surface area contributed by atoms with Crippen molar-refractivity contribution in [1.82, 2.24) is 19.7 Å². The summed E-state index contributed by atoms with van der Waals surface area (Å²) in [6.07, 6.45) is 1.00. The highest BCUT2D eigenvalue weighted by atomic mass is 32.1. The maximum Gasteiger partial charge on any atom is 0.193 e. The van der Waals surface area contributed by atoms with Gasteiger partial charge in [-0.1, -0.05) is 20.8 Å². The Kier molecular flexibility index (Phi) is 3.71. The van der Waals surface area contributed by atoms with Crippen molar-refractivity contribution in [3.8, 4) is 10.8 Å². The maximum absolute atomic E-state index is 13.3. The first-order chi connectivity index (χ1) is 10.1. The Bertz CT molecular complexity index is 775. The molecule has 21 heavy (non-hydrogen) atoms. The summed E-state index contributed by atoms with van der Waals surface area (Å²) in [6.45, 7) is 7.20. The Labute approximate surface area is 126 Å². The molecule has 0 aliphatic carbocycles. The molecule has 0 radical (unpaired) electrons. The minimum atomic E-state index is -0.240. The first-order valence-electron chi connectivity index (χ1n) is 7.09. The van der Waals surface area contributed by atoms with E-state index in [4.69, 9.17) is 0 Å². The minimum absolute atomic E-state index is 0.240. The van der Waals surface area contributed by atoms with E-state index in [1.54, 1.807) is 6.07 Å². The molecule has 0 unspecified atom stereocenters. The van der Waals surface area contributed by atoms with Crippen LogP contribution in [0, 0.1) is 5.82 Å². The van der Waals surface area contributed by atoms with Crippen molar-refractivity contribution in [2.75, 3.05) is 0 Å². The minimum Gasteiger partial charge on any atom is -0.309 e. The van der Waals surface area contributed by atoms with E-state index in [0.717, 1.165) is 39.8 Å². The molecule has 0 bridgehead atoms. The second kappa shape index (κ2) is 5.52. The van der Waals surface area contributed by atoms with Crippen LogP contribution in [-0.4, -0.2) is 19.7 Å². The molecule has 0 spiro atoms. The molecule has 0 saturated carbocycles. The predicted octanol–water partition coefficient (Wildman–Crippen LogP) is 4.23. The van der Waals surface area contributed by atoms with Crippen LogP contribution in [0.1, 0.15) is 38.9 Å². The number of nitrogens with zero attached hydrogens (tertiary/aromatic N) is 4. The molecular formula is C15H17FN4S. The molecule has 0 fully saturated rings. The number of hydrogen-bond donors (Lipinski definition) is 0. The van der Waals surface area contributed by atoms with Crippen LogP contribution in [0.25, 0.3) is 21.0 Å². The van der Waals surface area contributed by atoms with Crippen molar-refractivity contribution >= 4 is 21.6 Å². The van der Waals surface area contributed by atoms with Gasteiger partial charge in [0.05, 0.1) is 10.2 Å². The SMILES string of the molecule is CCCn1c(-c2nc3ccc(F)cc3s2)nnc1C(C)C. The van der Waals surface area contributed by atoms with E-state index in [-0.39, 0.29) is 5.82 Å². The maximum atomic E-state index is 13.3. The zero-order chi connectivity index (χ0) is 15.0. The van der Waals surface area contributed by atoms with Crippen molar-refractivity contribution in [3.63, 3.8) is 0 Å². The Morgan fingerprint density at radius 3 is 2.81 bits per heavy atom. The van der Waals surface area contributed by atoms with Gasteiger partial charge in [-0.25, -0.2) is 9.37 Å². The molecule has 2 aromatic heterocycles. The topological polar surface area (TPSA) is 43.6 Å². The van der Waals surface area contributed by atoms with Gasteiger partial charge in [0.2, 0.25) is 0 Å². The second-order valence-electron chi connectivity index (χ2n) is 5.32. The van der Waals surface area contributed by atoms with Crippen molar-refractivity contribution in [2.45, 2.75) is 39.7 Å². The lowest BCUT2D eigenvalue weighted by atomic mass is 10.2. The third-order valence-corrected chi connectivity index (χ3v) is 4.30. The Hall–Kier alpha value is -1.82. The standard InChI is InChI=1S/C15H17FN4S/c1-4-7-20-13(9(2)3)18-19-14(20)15-17-11-6-5-10(16)8-12(11)21-15/h5-6,8-9H,4,7H2,1-3H3. The molecular weight excluding hydrogens is 287 g/mol. The van der Waals surface area contributed by atoms with E-state index in [9.17, 15) is 4.39 Å². The number of hydrogen-bond acceptors (Lipinski definition) is 4. The van der Waals surface area contributed by atoms with Crippen LogP contribution in [0.2, 0.25) is 0 Å². The fraction of sp³-hybridized carbons (Fsp3) is 0.400. The Morgan fingerprint density at radius 2 is 2.10 bits per heavy atom. The molecule has 3 aromatic rings. The molecule has 0 atom stereocenters. The van der Waals surface area contributed by atoms with E-state index in [0.29, 0.717) is 5.92 Å².